The number of nitrogens with zero attached hydrogens (tertiary/aromatic N) is 3. The molecule has 2 heterocycles. The number of amides is 1. The lowest BCUT2D eigenvalue weighted by Crippen LogP contribution is -2.32. The minimum absolute atomic E-state index is 0.108. The molecular weight excluding hydrogens is 532 g/mol. The first-order valence-electron chi connectivity index (χ1n) is 13.1. The number of hydrogen-bond acceptors (Lipinski definition) is 8. The molecule has 1 aromatic heterocycles. The number of anilines is 2. The van der Waals surface area contributed by atoms with E-state index in [-0.39, 0.29) is 13.4 Å². The molecule has 0 radical (unpaired) electrons. The topological polar surface area (TPSA) is 95.0 Å². The van der Waals surface area contributed by atoms with Crippen molar-refractivity contribution in [3.8, 4) is 17.2 Å². The molecule has 0 saturated carbocycles. The SMILES string of the molecule is COc1ccc2c(Nc3c(CN(CCCCCCl)C(=O)OCc4ccccc4)ccc4c3OCO4)ncnc2c1. The third-order valence-electron chi connectivity index (χ3n) is 6.60. The first-order chi connectivity index (χ1) is 19.7. The minimum atomic E-state index is -0.391. The Bertz CT molecular complexity index is 1450. The minimum Gasteiger partial charge on any atom is -0.497 e. The summed E-state index contributed by atoms with van der Waals surface area (Å²) in [6, 6.07) is 19.0. The van der Waals surface area contributed by atoms with Gasteiger partial charge in [0.15, 0.2) is 11.5 Å². The Kier molecular flexibility index (Phi) is 9.03. The lowest BCUT2D eigenvalue weighted by Gasteiger charge is -2.24. The van der Waals surface area contributed by atoms with Gasteiger partial charge in [0.1, 0.15) is 24.5 Å². The smallest absolute Gasteiger partial charge is 0.410 e. The largest absolute Gasteiger partial charge is 0.497 e. The highest BCUT2D eigenvalue weighted by atomic mass is 35.5. The van der Waals surface area contributed by atoms with Crippen molar-refractivity contribution >= 4 is 40.1 Å². The number of methoxy groups -OCH3 is 1. The predicted molar refractivity (Wildman–Crippen MR) is 154 cm³/mol. The fourth-order valence-electron chi connectivity index (χ4n) is 4.49. The van der Waals surface area contributed by atoms with Crippen LogP contribution in [0.3, 0.4) is 0 Å². The van der Waals surface area contributed by atoms with E-state index in [1.54, 1.807) is 12.0 Å². The van der Waals surface area contributed by atoms with Gasteiger partial charge >= 0.3 is 6.09 Å². The summed E-state index contributed by atoms with van der Waals surface area (Å²) in [4.78, 5) is 23.9. The molecular formula is C30H31ClN4O5. The molecule has 40 heavy (non-hydrogen) atoms. The van der Waals surface area contributed by atoms with Crippen molar-refractivity contribution in [2.45, 2.75) is 32.4 Å². The van der Waals surface area contributed by atoms with Crippen LogP contribution in [0.5, 0.6) is 17.2 Å². The van der Waals surface area contributed by atoms with E-state index in [1.165, 1.54) is 6.33 Å². The van der Waals surface area contributed by atoms with Gasteiger partial charge < -0.3 is 29.2 Å². The highest BCUT2D eigenvalue weighted by Crippen LogP contribution is 2.43. The molecule has 0 saturated heterocycles. The second-order valence-corrected chi connectivity index (χ2v) is 9.65. The fraction of sp³-hybridized carbons (Fsp3) is 0.300. The van der Waals surface area contributed by atoms with Crippen LogP contribution in [-0.4, -0.2) is 47.3 Å². The predicted octanol–water partition coefficient (Wildman–Crippen LogP) is 6.66. The van der Waals surface area contributed by atoms with Crippen LogP contribution in [0.25, 0.3) is 10.9 Å². The number of carbonyl (C=O) groups is 1. The Morgan fingerprint density at radius 1 is 1.05 bits per heavy atom. The van der Waals surface area contributed by atoms with E-state index in [4.69, 9.17) is 30.5 Å². The summed E-state index contributed by atoms with van der Waals surface area (Å²) in [6.07, 6.45) is 3.71. The highest BCUT2D eigenvalue weighted by Gasteiger charge is 2.25. The molecule has 1 amide bonds. The zero-order chi connectivity index (χ0) is 27.7. The third kappa shape index (κ3) is 6.48. The number of carbonyl (C=O) groups excluding carboxylic acids is 1. The number of benzene rings is 3. The van der Waals surface area contributed by atoms with Gasteiger partial charge in [-0.1, -0.05) is 42.8 Å². The van der Waals surface area contributed by atoms with E-state index >= 15 is 0 Å². The number of halogens is 1. The zero-order valence-corrected chi connectivity index (χ0v) is 23.0. The number of ether oxygens (including phenoxy) is 4. The van der Waals surface area contributed by atoms with Crippen molar-refractivity contribution in [1.29, 1.82) is 0 Å². The van der Waals surface area contributed by atoms with Crippen LogP contribution in [0.1, 0.15) is 30.4 Å². The van der Waals surface area contributed by atoms with E-state index in [1.807, 2.05) is 60.7 Å². The van der Waals surface area contributed by atoms with Crippen LogP contribution < -0.4 is 19.5 Å². The average molecular weight is 563 g/mol. The maximum absolute atomic E-state index is 13.3. The molecule has 3 aromatic carbocycles. The summed E-state index contributed by atoms with van der Waals surface area (Å²) in [5.41, 5.74) is 3.16. The van der Waals surface area contributed by atoms with Crippen LogP contribution in [-0.2, 0) is 17.9 Å². The summed E-state index contributed by atoms with van der Waals surface area (Å²) in [6.45, 7) is 1.12. The van der Waals surface area contributed by atoms with E-state index in [9.17, 15) is 4.79 Å². The fourth-order valence-corrected chi connectivity index (χ4v) is 4.68. The van der Waals surface area contributed by atoms with Crippen molar-refractivity contribution < 1.29 is 23.7 Å². The number of alkyl halides is 1. The van der Waals surface area contributed by atoms with Crippen molar-refractivity contribution in [3.63, 3.8) is 0 Å². The summed E-state index contributed by atoms with van der Waals surface area (Å²) in [5, 5.41) is 4.25. The van der Waals surface area contributed by atoms with E-state index in [0.29, 0.717) is 47.7 Å². The lowest BCUT2D eigenvalue weighted by atomic mass is 10.1. The van der Waals surface area contributed by atoms with Gasteiger partial charge in [0.2, 0.25) is 6.79 Å². The maximum Gasteiger partial charge on any atom is 0.410 e. The number of aromatic nitrogens is 2. The van der Waals surface area contributed by atoms with Gasteiger partial charge in [0.05, 0.1) is 24.9 Å². The van der Waals surface area contributed by atoms with Crippen molar-refractivity contribution in [1.82, 2.24) is 14.9 Å². The molecule has 10 heteroatoms. The number of nitrogens with one attached hydrogen (secondary N) is 1. The molecule has 1 aliphatic rings. The second kappa shape index (κ2) is 13.2. The molecule has 0 bridgehead atoms. The molecule has 0 fully saturated rings. The number of hydrogen-bond donors (Lipinski definition) is 1. The molecule has 0 aliphatic carbocycles. The number of fused-ring (bicyclic) bond motifs is 2. The second-order valence-electron chi connectivity index (χ2n) is 9.28. The standard InChI is InChI=1S/C30H31ClN4O5/c1-37-23-11-12-24-25(16-23)32-19-33-29(24)34-27-22(10-13-26-28(27)40-20-39-26)17-35(15-7-3-6-14-31)30(36)38-18-21-8-4-2-5-9-21/h2,4-5,8-13,16,19H,3,6-7,14-15,17-18,20H2,1H3,(H,32,33,34). The molecule has 208 valence electrons. The van der Waals surface area contributed by atoms with Gasteiger partial charge in [-0.2, -0.15) is 0 Å². The van der Waals surface area contributed by atoms with Crippen LogP contribution >= 0.6 is 11.6 Å². The van der Waals surface area contributed by atoms with Gasteiger partial charge in [-0.15, -0.1) is 11.6 Å². The summed E-state index contributed by atoms with van der Waals surface area (Å²) < 4.78 is 22.6. The Hall–Kier alpha value is -4.24. The summed E-state index contributed by atoms with van der Waals surface area (Å²) in [7, 11) is 1.62. The zero-order valence-electron chi connectivity index (χ0n) is 22.3. The van der Waals surface area contributed by atoms with E-state index in [2.05, 4.69) is 15.3 Å². The Morgan fingerprint density at radius 2 is 1.93 bits per heavy atom. The summed E-state index contributed by atoms with van der Waals surface area (Å²) >= 11 is 5.88. The lowest BCUT2D eigenvalue weighted by molar-refractivity contribution is 0.0930. The molecule has 0 unspecified atom stereocenters. The first-order valence-corrected chi connectivity index (χ1v) is 13.7. The molecule has 0 atom stereocenters. The van der Waals surface area contributed by atoms with Crippen LogP contribution in [0.4, 0.5) is 16.3 Å². The number of unbranched alkanes of at least 4 members (excludes halogenated alkanes) is 2. The number of rotatable bonds is 12. The van der Waals surface area contributed by atoms with Crippen molar-refractivity contribution in [3.05, 3.63) is 78.1 Å². The third-order valence-corrected chi connectivity index (χ3v) is 6.87. The van der Waals surface area contributed by atoms with Gasteiger partial charge in [-0.25, -0.2) is 14.8 Å². The van der Waals surface area contributed by atoms with Gasteiger partial charge in [0, 0.05) is 23.9 Å². The van der Waals surface area contributed by atoms with Gasteiger partial charge in [0.25, 0.3) is 0 Å². The molecule has 1 aliphatic heterocycles. The molecule has 9 nitrogen and oxygen atoms in total. The van der Waals surface area contributed by atoms with Crippen molar-refractivity contribution in [2.75, 3.05) is 31.6 Å². The van der Waals surface area contributed by atoms with E-state index in [0.717, 1.165) is 41.3 Å². The van der Waals surface area contributed by atoms with Crippen LogP contribution in [0, 0.1) is 0 Å². The van der Waals surface area contributed by atoms with Gasteiger partial charge in [-0.05, 0) is 42.2 Å². The maximum atomic E-state index is 13.3. The summed E-state index contributed by atoms with van der Waals surface area (Å²) in [5.74, 6) is 3.07. The average Bonchev–Trinajstić information content (AvgIpc) is 3.48. The molecule has 1 N–H and O–H groups in total. The van der Waals surface area contributed by atoms with Crippen molar-refractivity contribution in [2.24, 2.45) is 0 Å². The molecule has 5 rings (SSSR count). The highest BCUT2D eigenvalue weighted by molar-refractivity contribution is 6.17. The normalized spacial score (nSPS) is 11.8. The molecule has 0 spiro atoms. The molecule has 4 aromatic rings. The van der Waals surface area contributed by atoms with Crippen LogP contribution in [0.2, 0.25) is 0 Å². The van der Waals surface area contributed by atoms with E-state index < -0.39 is 6.09 Å². The first kappa shape index (κ1) is 27.3. The Labute approximate surface area is 238 Å². The van der Waals surface area contributed by atoms with Crippen LogP contribution in [0.15, 0.2) is 67.0 Å². The Morgan fingerprint density at radius 3 is 2.75 bits per heavy atom. The quantitative estimate of drug-likeness (QED) is 0.151. The monoisotopic (exact) mass is 562 g/mol. The van der Waals surface area contributed by atoms with Gasteiger partial charge in [-0.3, -0.25) is 0 Å². The Balaban J connectivity index is 1.43.